The van der Waals surface area contributed by atoms with Crippen molar-refractivity contribution in [3.8, 4) is 23.0 Å². The van der Waals surface area contributed by atoms with E-state index in [1.165, 1.54) is 12.5 Å². The number of rotatable bonds is 12. The van der Waals surface area contributed by atoms with Crippen LogP contribution in [0.3, 0.4) is 0 Å². The number of pyridine rings is 2. The zero-order valence-corrected chi connectivity index (χ0v) is 40.7. The Hall–Kier alpha value is -4.51. The number of nitrogen functional groups attached to an aromatic ring is 1. The summed E-state index contributed by atoms with van der Waals surface area (Å²) < 4.78 is 69.6. The minimum absolute atomic E-state index is 0. The van der Waals surface area contributed by atoms with E-state index in [4.69, 9.17) is 36.3 Å². The molecule has 0 unspecified atom stereocenters. The van der Waals surface area contributed by atoms with Gasteiger partial charge in [-0.15, -0.1) is 0 Å². The number of ether oxygens (including phenoxy) is 4. The summed E-state index contributed by atoms with van der Waals surface area (Å²) in [7, 11) is -6.45. The molecule has 2 fully saturated rings. The summed E-state index contributed by atoms with van der Waals surface area (Å²) >= 11 is 5.43. The molecule has 12 nitrogen and oxygen atoms in total. The van der Waals surface area contributed by atoms with Gasteiger partial charge >= 0.3 is 29.6 Å². The number of benzene rings is 4. The number of nitrogens with two attached hydrogens (primary N) is 1. The van der Waals surface area contributed by atoms with E-state index in [2.05, 4.69) is 21.4 Å². The van der Waals surface area contributed by atoms with Gasteiger partial charge in [-0.05, 0) is 171 Å². The maximum atomic E-state index is 11.7. The summed E-state index contributed by atoms with van der Waals surface area (Å²) in [6.07, 6.45) is 11.7. The Morgan fingerprint density at radius 3 is 1.53 bits per heavy atom. The Balaban J connectivity index is 0.000000244. The van der Waals surface area contributed by atoms with Gasteiger partial charge in [0.1, 0.15) is 34.0 Å². The summed E-state index contributed by atoms with van der Waals surface area (Å²) in [4.78, 5) is 8.63. The second-order valence-corrected chi connectivity index (χ2v) is 19.8. The molecule has 2 aliphatic heterocycles. The first-order valence-corrected chi connectivity index (χ1v) is 24.8. The number of aromatic nitrogens is 2. The van der Waals surface area contributed by atoms with Gasteiger partial charge in [0.05, 0.1) is 9.79 Å². The molecule has 8 rings (SSSR count). The van der Waals surface area contributed by atoms with E-state index in [1.54, 1.807) is 67.0 Å². The second-order valence-electron chi connectivity index (χ2n) is 15.4. The molecule has 0 spiro atoms. The average Bonchev–Trinajstić information content (AvgIpc) is 3.27. The van der Waals surface area contributed by atoms with Gasteiger partial charge in [0.25, 0.3) is 0 Å². The minimum Gasteiger partial charge on any atom is -1.00 e. The van der Waals surface area contributed by atoms with Crippen molar-refractivity contribution in [1.82, 2.24) is 9.97 Å². The first-order valence-electron chi connectivity index (χ1n) is 20.7. The number of halogens is 1. The number of nitrogens with zero attached hydrogens (tertiary/aromatic N) is 2. The molecule has 64 heavy (non-hydrogen) atoms. The molecule has 0 amide bonds. The molecule has 0 bridgehead atoms. The average molecular weight is 938 g/mol. The van der Waals surface area contributed by atoms with Crippen molar-refractivity contribution in [2.75, 3.05) is 50.0 Å². The smallest absolute Gasteiger partial charge is 1.00 e. The number of hydrogen-bond donors (Lipinski definition) is 2. The van der Waals surface area contributed by atoms with Crippen LogP contribution in [0.1, 0.15) is 38.2 Å². The van der Waals surface area contributed by atoms with Gasteiger partial charge in [0.15, 0.2) is 19.7 Å². The van der Waals surface area contributed by atoms with Gasteiger partial charge in [-0.3, -0.25) is 0 Å². The van der Waals surface area contributed by atoms with Crippen LogP contribution in [-0.4, -0.2) is 65.7 Å². The normalized spacial score (nSPS) is 14.4. The van der Waals surface area contributed by atoms with Gasteiger partial charge in [0, 0.05) is 62.7 Å². The number of sulfone groups is 2. The van der Waals surface area contributed by atoms with Crippen LogP contribution in [0, 0.1) is 11.8 Å². The summed E-state index contributed by atoms with van der Waals surface area (Å²) in [5.74, 6) is 4.61. The van der Waals surface area contributed by atoms with Crippen LogP contribution in [0.25, 0.3) is 0 Å². The van der Waals surface area contributed by atoms with Crippen LogP contribution in [0.15, 0.2) is 144 Å². The Kier molecular flexibility index (Phi) is 19.5. The van der Waals surface area contributed by atoms with Crippen LogP contribution in [0.5, 0.6) is 23.0 Å². The van der Waals surface area contributed by atoms with Gasteiger partial charge in [-0.1, -0.05) is 23.7 Å². The third kappa shape index (κ3) is 16.5. The van der Waals surface area contributed by atoms with Crippen LogP contribution in [0.2, 0.25) is 5.15 Å². The molecular formula is C48H54ClN4NaO8S2. The van der Waals surface area contributed by atoms with Crippen LogP contribution >= 0.6 is 11.6 Å². The number of anilines is 3. The van der Waals surface area contributed by atoms with E-state index in [9.17, 15) is 16.8 Å². The molecule has 4 aromatic carbocycles. The van der Waals surface area contributed by atoms with E-state index < -0.39 is 19.7 Å². The van der Waals surface area contributed by atoms with E-state index in [0.717, 1.165) is 99.1 Å². The molecule has 2 aromatic heterocycles. The molecule has 334 valence electrons. The predicted octanol–water partition coefficient (Wildman–Crippen LogP) is 7.28. The largest absolute Gasteiger partial charge is 1.00 e. The summed E-state index contributed by atoms with van der Waals surface area (Å²) in [5, 5.41) is 3.88. The second kappa shape index (κ2) is 24.7. The fraction of sp³-hybridized carbons (Fsp3) is 0.292. The SMILES string of the molecule is CS(=O)(=O)c1ccc(Oc2ccc(N)cc2CC2CCOCC2)cc1.CS(=O)(=O)c1ccc(Oc2ccc(Nc3ccccn3)cc2CC2CCOCC2)cc1.Clc1ccccn1.[H-].[Na+]. The zero-order chi connectivity index (χ0) is 44.7. The van der Waals surface area contributed by atoms with Crippen molar-refractivity contribution >= 4 is 48.5 Å². The predicted molar refractivity (Wildman–Crippen MR) is 249 cm³/mol. The van der Waals surface area contributed by atoms with Crippen LogP contribution in [-0.2, 0) is 42.0 Å². The van der Waals surface area contributed by atoms with Crippen molar-refractivity contribution in [1.29, 1.82) is 0 Å². The first-order chi connectivity index (χ1) is 30.3. The van der Waals surface area contributed by atoms with Gasteiger partial charge in [-0.2, -0.15) is 0 Å². The molecular weight excluding hydrogens is 883 g/mol. The topological polar surface area (TPSA) is 169 Å². The van der Waals surface area contributed by atoms with Gasteiger partial charge in [0.2, 0.25) is 0 Å². The van der Waals surface area contributed by atoms with E-state index in [0.29, 0.717) is 34.2 Å². The Labute approximate surface area is 405 Å². The van der Waals surface area contributed by atoms with E-state index in [-0.39, 0.29) is 40.8 Å². The number of hydrogen-bond acceptors (Lipinski definition) is 12. The summed E-state index contributed by atoms with van der Waals surface area (Å²) in [6, 6.07) is 35.8. The molecule has 0 radical (unpaired) electrons. The number of nitrogens with one attached hydrogen (secondary N) is 1. The minimum atomic E-state index is -3.24. The Morgan fingerprint density at radius 2 is 1.11 bits per heavy atom. The van der Waals surface area contributed by atoms with Gasteiger partial charge in [-0.25, -0.2) is 26.8 Å². The monoisotopic (exact) mass is 936 g/mol. The molecule has 6 aromatic rings. The first kappa shape index (κ1) is 50.5. The van der Waals surface area contributed by atoms with Crippen molar-refractivity contribution in [3.63, 3.8) is 0 Å². The molecule has 0 atom stereocenters. The standard InChI is InChI=1S/C24H26N2O4S.C19H23NO4S.C5H4ClN.Na.H/c1-31(27,28)22-8-6-21(7-9-22)30-23-10-5-20(26-24-4-2-3-13-25-24)17-19(23)16-18-11-14-29-15-12-18;1-25(21,22)18-5-3-17(4-6-18)24-19-7-2-16(20)13-15(19)12-14-8-10-23-11-9-14;6-5-3-1-2-4-7-5;;/h2-10,13,17-18H,11-12,14-16H2,1H3,(H,25,26);2-7,13-14H,8-12,20H2,1H3;1-4H;;/q;;;+1;-1. The maximum absolute atomic E-state index is 11.7. The fourth-order valence-electron chi connectivity index (χ4n) is 6.99. The molecule has 2 saturated heterocycles. The molecule has 0 saturated carbocycles. The van der Waals surface area contributed by atoms with Crippen molar-refractivity contribution < 1.29 is 66.8 Å². The van der Waals surface area contributed by atoms with E-state index in [1.807, 2.05) is 60.7 Å². The summed E-state index contributed by atoms with van der Waals surface area (Å²) in [6.45, 7) is 3.19. The maximum Gasteiger partial charge on any atom is 1.00 e. The molecule has 16 heteroatoms. The fourth-order valence-corrected chi connectivity index (χ4v) is 8.38. The Morgan fingerprint density at radius 1 is 0.641 bits per heavy atom. The van der Waals surface area contributed by atoms with Crippen LogP contribution < -0.4 is 50.1 Å². The van der Waals surface area contributed by atoms with Crippen molar-refractivity contribution in [2.24, 2.45) is 11.8 Å². The van der Waals surface area contributed by atoms with E-state index >= 15 is 0 Å². The molecule has 3 N–H and O–H groups in total. The van der Waals surface area contributed by atoms with Crippen molar-refractivity contribution in [3.05, 3.63) is 150 Å². The molecule has 0 aliphatic carbocycles. The van der Waals surface area contributed by atoms with Crippen molar-refractivity contribution in [2.45, 2.75) is 48.3 Å². The van der Waals surface area contributed by atoms with Crippen LogP contribution in [0.4, 0.5) is 17.2 Å². The Bertz CT molecular complexity index is 2590. The third-order valence-electron chi connectivity index (χ3n) is 10.4. The third-order valence-corrected chi connectivity index (χ3v) is 12.8. The van der Waals surface area contributed by atoms with Gasteiger partial charge < -0.3 is 31.4 Å². The quantitative estimate of drug-likeness (QED) is 0.0716. The zero-order valence-electron chi connectivity index (χ0n) is 37.4. The molecule has 4 heterocycles. The molecule has 2 aliphatic rings. The summed E-state index contributed by atoms with van der Waals surface area (Å²) in [5.41, 5.74) is 9.77.